The molecule has 0 spiro atoms. The first-order chi connectivity index (χ1) is 9.72. The lowest BCUT2D eigenvalue weighted by atomic mass is 10.2. The van der Waals surface area contributed by atoms with Crippen LogP contribution < -0.4 is 4.74 Å². The van der Waals surface area contributed by atoms with Crippen LogP contribution in [0.25, 0.3) is 16.7 Å². The summed E-state index contributed by atoms with van der Waals surface area (Å²) < 4.78 is 7.98. The van der Waals surface area contributed by atoms with Crippen LogP contribution in [0.15, 0.2) is 47.4 Å². The maximum atomic E-state index is 5.45. The van der Waals surface area contributed by atoms with Crippen LogP contribution in [0.4, 0.5) is 0 Å². The van der Waals surface area contributed by atoms with Gasteiger partial charge in [-0.2, -0.15) is 0 Å². The molecule has 0 bridgehead atoms. The maximum absolute atomic E-state index is 5.45. The second kappa shape index (κ2) is 5.34. The van der Waals surface area contributed by atoms with Gasteiger partial charge in [0.15, 0.2) is 4.77 Å². The molecule has 3 nitrogen and oxygen atoms in total. The monoisotopic (exact) mass is 302 g/mol. The lowest BCUT2D eigenvalue weighted by Gasteiger charge is -2.06. The molecule has 0 radical (unpaired) electrons. The molecule has 0 amide bonds. The maximum Gasteiger partial charge on any atom is 0.182 e. The molecule has 0 aliphatic heterocycles. The molecule has 0 saturated carbocycles. The zero-order valence-electron chi connectivity index (χ0n) is 11.2. The lowest BCUT2D eigenvalue weighted by molar-refractivity contribution is 0.415. The molecule has 0 saturated heterocycles. The fourth-order valence-electron chi connectivity index (χ4n) is 2.22. The number of H-pyrrole nitrogens is 1. The summed E-state index contributed by atoms with van der Waals surface area (Å²) in [6.45, 7) is 0. The molecule has 0 fully saturated rings. The molecule has 1 aromatic heterocycles. The van der Waals surface area contributed by atoms with Crippen LogP contribution in [0.1, 0.15) is 0 Å². The summed E-state index contributed by atoms with van der Waals surface area (Å²) in [7, 11) is 1.66. The molecule has 3 rings (SSSR count). The van der Waals surface area contributed by atoms with Crippen molar-refractivity contribution in [3.63, 3.8) is 0 Å². The molecule has 1 N–H and O–H groups in total. The molecule has 0 atom stereocenters. The van der Waals surface area contributed by atoms with Crippen LogP contribution in [0.2, 0.25) is 0 Å². The number of hydrogen-bond acceptors (Lipinski definition) is 3. The quantitative estimate of drug-likeness (QED) is 0.574. The van der Waals surface area contributed by atoms with Crippen molar-refractivity contribution >= 4 is 35.0 Å². The minimum absolute atomic E-state index is 0.687. The van der Waals surface area contributed by atoms with Crippen LogP contribution in [0.3, 0.4) is 0 Å². The van der Waals surface area contributed by atoms with E-state index in [2.05, 4.69) is 29.4 Å². The molecule has 0 aliphatic carbocycles. The highest BCUT2D eigenvalue weighted by atomic mass is 32.2. The summed E-state index contributed by atoms with van der Waals surface area (Å²) in [4.78, 5) is 4.44. The highest BCUT2D eigenvalue weighted by molar-refractivity contribution is 7.98. The first-order valence-electron chi connectivity index (χ1n) is 6.16. The fraction of sp³-hybridized carbons (Fsp3) is 0.133. The standard InChI is InChI=1S/C15H14N2OS2/c1-18-11-6-7-14-13(9-11)16-15(19)17(14)10-4-3-5-12(8-10)20-2/h3-9H,1-2H3,(H,16,19). The zero-order chi connectivity index (χ0) is 14.1. The van der Waals surface area contributed by atoms with Gasteiger partial charge in [-0.15, -0.1) is 11.8 Å². The Morgan fingerprint density at radius 1 is 1.20 bits per heavy atom. The number of nitrogens with one attached hydrogen (secondary N) is 1. The number of thioether (sulfide) groups is 1. The SMILES string of the molecule is COc1ccc2c(c1)[nH]c(=S)n2-c1cccc(SC)c1. The van der Waals surface area contributed by atoms with Gasteiger partial charge in [0.25, 0.3) is 0 Å². The third-order valence-corrected chi connectivity index (χ3v) is 4.21. The van der Waals surface area contributed by atoms with Gasteiger partial charge in [0.2, 0.25) is 0 Å². The number of hydrogen-bond donors (Lipinski definition) is 1. The number of ether oxygens (including phenoxy) is 1. The highest BCUT2D eigenvalue weighted by Gasteiger charge is 2.08. The Hall–Kier alpha value is -1.72. The van der Waals surface area contributed by atoms with Crippen molar-refractivity contribution in [1.29, 1.82) is 0 Å². The number of rotatable bonds is 3. The van der Waals surface area contributed by atoms with Crippen LogP contribution >= 0.6 is 24.0 Å². The van der Waals surface area contributed by atoms with E-state index in [1.807, 2.05) is 28.8 Å². The van der Waals surface area contributed by atoms with E-state index in [9.17, 15) is 0 Å². The lowest BCUT2D eigenvalue weighted by Crippen LogP contribution is -1.94. The Morgan fingerprint density at radius 3 is 2.80 bits per heavy atom. The highest BCUT2D eigenvalue weighted by Crippen LogP contribution is 2.25. The number of aromatic amines is 1. The first kappa shape index (κ1) is 13.3. The molecular weight excluding hydrogens is 288 g/mol. The molecule has 1 heterocycles. The Bertz CT molecular complexity index is 820. The molecule has 20 heavy (non-hydrogen) atoms. The summed E-state index contributed by atoms with van der Waals surface area (Å²) in [6, 6.07) is 14.3. The summed E-state index contributed by atoms with van der Waals surface area (Å²) in [6.07, 6.45) is 2.07. The second-order valence-electron chi connectivity index (χ2n) is 4.35. The zero-order valence-corrected chi connectivity index (χ0v) is 12.8. The Labute approximate surface area is 126 Å². The number of methoxy groups -OCH3 is 1. The van der Waals surface area contributed by atoms with E-state index in [0.29, 0.717) is 4.77 Å². The van der Waals surface area contributed by atoms with Crippen molar-refractivity contribution in [1.82, 2.24) is 9.55 Å². The molecule has 5 heteroatoms. The van der Waals surface area contributed by atoms with Gasteiger partial charge in [0, 0.05) is 16.6 Å². The number of aromatic nitrogens is 2. The van der Waals surface area contributed by atoms with Crippen LogP contribution in [-0.4, -0.2) is 22.9 Å². The summed E-state index contributed by atoms with van der Waals surface area (Å²) in [5, 5.41) is 0. The van der Waals surface area contributed by atoms with Crippen molar-refractivity contribution in [2.45, 2.75) is 4.90 Å². The fourth-order valence-corrected chi connectivity index (χ4v) is 2.99. The number of nitrogens with zero attached hydrogens (tertiary/aromatic N) is 1. The van der Waals surface area contributed by atoms with Crippen molar-refractivity contribution in [3.05, 3.63) is 47.2 Å². The van der Waals surface area contributed by atoms with E-state index in [4.69, 9.17) is 17.0 Å². The van der Waals surface area contributed by atoms with E-state index in [1.54, 1.807) is 18.9 Å². The third-order valence-electron chi connectivity index (χ3n) is 3.20. The van der Waals surface area contributed by atoms with Crippen LogP contribution in [0.5, 0.6) is 5.75 Å². The third kappa shape index (κ3) is 2.23. The van der Waals surface area contributed by atoms with Crippen molar-refractivity contribution in [3.8, 4) is 11.4 Å². The summed E-state index contributed by atoms with van der Waals surface area (Å²) >= 11 is 7.17. The molecule has 0 unspecified atom stereocenters. The van der Waals surface area contributed by atoms with Gasteiger partial charge >= 0.3 is 0 Å². The second-order valence-corrected chi connectivity index (χ2v) is 5.62. The molecular formula is C15H14N2OS2. The van der Waals surface area contributed by atoms with Gasteiger partial charge in [-0.25, -0.2) is 0 Å². The van der Waals surface area contributed by atoms with Gasteiger partial charge in [-0.1, -0.05) is 6.07 Å². The van der Waals surface area contributed by atoms with Crippen LogP contribution in [0, 0.1) is 4.77 Å². The number of imidazole rings is 1. The molecule has 3 aromatic rings. The van der Waals surface area contributed by atoms with Gasteiger partial charge < -0.3 is 9.72 Å². The minimum atomic E-state index is 0.687. The Balaban J connectivity index is 2.25. The van der Waals surface area contributed by atoms with E-state index in [-0.39, 0.29) is 0 Å². The molecule has 102 valence electrons. The summed E-state index contributed by atoms with van der Waals surface area (Å²) in [5.41, 5.74) is 3.09. The van der Waals surface area contributed by atoms with E-state index < -0.39 is 0 Å². The number of benzene rings is 2. The van der Waals surface area contributed by atoms with Gasteiger partial charge in [0.1, 0.15) is 5.75 Å². The average Bonchev–Trinajstić information content (AvgIpc) is 2.82. The average molecular weight is 302 g/mol. The summed E-state index contributed by atoms with van der Waals surface area (Å²) in [5.74, 6) is 0.818. The van der Waals surface area contributed by atoms with E-state index in [0.717, 1.165) is 22.5 Å². The minimum Gasteiger partial charge on any atom is -0.497 e. The molecule has 2 aromatic carbocycles. The largest absolute Gasteiger partial charge is 0.497 e. The predicted molar refractivity (Wildman–Crippen MR) is 86.8 cm³/mol. The van der Waals surface area contributed by atoms with Crippen LogP contribution in [-0.2, 0) is 0 Å². The van der Waals surface area contributed by atoms with E-state index in [1.165, 1.54) is 4.90 Å². The normalized spacial score (nSPS) is 10.9. The van der Waals surface area contributed by atoms with E-state index >= 15 is 0 Å². The first-order valence-corrected chi connectivity index (χ1v) is 7.79. The topological polar surface area (TPSA) is 29.9 Å². The van der Waals surface area contributed by atoms with Gasteiger partial charge in [0.05, 0.1) is 18.1 Å². The number of fused-ring (bicyclic) bond motifs is 1. The smallest absolute Gasteiger partial charge is 0.182 e. The molecule has 0 aliphatic rings. The Morgan fingerprint density at radius 2 is 2.05 bits per heavy atom. The van der Waals surface area contributed by atoms with Gasteiger partial charge in [-0.3, -0.25) is 4.57 Å². The van der Waals surface area contributed by atoms with Gasteiger partial charge in [-0.05, 0) is 48.8 Å². The predicted octanol–water partition coefficient (Wildman–Crippen LogP) is 4.42. The van der Waals surface area contributed by atoms with Crippen molar-refractivity contribution in [2.24, 2.45) is 0 Å². The Kier molecular flexibility index (Phi) is 3.54. The van der Waals surface area contributed by atoms with Crippen molar-refractivity contribution < 1.29 is 4.74 Å². The van der Waals surface area contributed by atoms with Crippen molar-refractivity contribution in [2.75, 3.05) is 13.4 Å².